The van der Waals surface area contributed by atoms with Crippen molar-refractivity contribution in [2.45, 2.75) is 6.54 Å². The second-order valence-electron chi connectivity index (χ2n) is 3.82. The zero-order chi connectivity index (χ0) is 14.4. The molecule has 1 heterocycles. The number of methoxy groups -OCH3 is 1. The number of carbonyl (C=O) groups excluding carboxylic acids is 2. The Morgan fingerprint density at radius 1 is 1.25 bits per heavy atom. The summed E-state index contributed by atoms with van der Waals surface area (Å²) in [6.45, 7) is -0.462. The molecule has 0 aliphatic heterocycles. The standard InChI is InChI=1S/C12H12N4O4/c1-19-10-4-2-9(3-5-10)11(17)7-20-12(18)6-16-8-13-14-15-16/h2-5,8H,6-7H2,1H3. The second kappa shape index (κ2) is 6.41. The monoisotopic (exact) mass is 276 g/mol. The Morgan fingerprint density at radius 3 is 2.60 bits per heavy atom. The van der Waals surface area contributed by atoms with Gasteiger partial charge in [0.2, 0.25) is 0 Å². The fraction of sp³-hybridized carbons (Fsp3) is 0.250. The zero-order valence-electron chi connectivity index (χ0n) is 10.7. The Morgan fingerprint density at radius 2 is 2.00 bits per heavy atom. The number of tetrazole rings is 1. The van der Waals surface area contributed by atoms with Crippen LogP contribution in [-0.4, -0.2) is 45.7 Å². The number of esters is 1. The minimum atomic E-state index is -0.584. The number of carbonyl (C=O) groups is 2. The summed E-state index contributed by atoms with van der Waals surface area (Å²) in [5.74, 6) is -0.228. The largest absolute Gasteiger partial charge is 0.497 e. The Kier molecular flexibility index (Phi) is 4.38. The van der Waals surface area contributed by atoms with E-state index >= 15 is 0 Å². The Hall–Kier alpha value is -2.77. The molecule has 1 aromatic carbocycles. The number of aromatic nitrogens is 4. The molecule has 0 aliphatic carbocycles. The van der Waals surface area contributed by atoms with Crippen molar-refractivity contribution in [2.75, 3.05) is 13.7 Å². The smallest absolute Gasteiger partial charge is 0.328 e. The van der Waals surface area contributed by atoms with Crippen LogP contribution < -0.4 is 4.74 Å². The molecule has 0 radical (unpaired) electrons. The van der Waals surface area contributed by atoms with E-state index in [1.165, 1.54) is 18.1 Å². The van der Waals surface area contributed by atoms with Crippen LogP contribution in [0, 0.1) is 0 Å². The molecular weight excluding hydrogens is 264 g/mol. The summed E-state index contributed by atoms with van der Waals surface area (Å²) < 4.78 is 11.0. The minimum Gasteiger partial charge on any atom is -0.497 e. The Labute approximate surface area is 114 Å². The molecule has 0 unspecified atom stereocenters. The summed E-state index contributed by atoms with van der Waals surface area (Å²) in [6.07, 6.45) is 1.28. The number of benzene rings is 1. The van der Waals surface area contributed by atoms with Gasteiger partial charge in [-0.15, -0.1) is 5.10 Å². The van der Waals surface area contributed by atoms with Gasteiger partial charge in [-0.05, 0) is 34.7 Å². The van der Waals surface area contributed by atoms with Crippen LogP contribution in [0.1, 0.15) is 10.4 Å². The van der Waals surface area contributed by atoms with Crippen molar-refractivity contribution in [3.8, 4) is 5.75 Å². The number of nitrogens with zero attached hydrogens (tertiary/aromatic N) is 4. The van der Waals surface area contributed by atoms with Gasteiger partial charge < -0.3 is 9.47 Å². The maximum Gasteiger partial charge on any atom is 0.328 e. The SMILES string of the molecule is COc1ccc(C(=O)COC(=O)Cn2cnnn2)cc1. The van der Waals surface area contributed by atoms with Crippen LogP contribution in [0.2, 0.25) is 0 Å². The van der Waals surface area contributed by atoms with Gasteiger partial charge in [0.25, 0.3) is 0 Å². The van der Waals surface area contributed by atoms with Crippen LogP contribution in [0.4, 0.5) is 0 Å². The van der Waals surface area contributed by atoms with E-state index in [-0.39, 0.29) is 18.9 Å². The first-order valence-electron chi connectivity index (χ1n) is 5.72. The molecule has 0 spiro atoms. The molecule has 0 aliphatic rings. The number of Topliss-reactive ketones (excluding diaryl/α,β-unsaturated/α-hetero) is 1. The summed E-state index contributed by atoms with van der Waals surface area (Å²) in [6, 6.07) is 6.54. The molecule has 0 saturated heterocycles. The molecule has 1 aromatic heterocycles. The summed E-state index contributed by atoms with van der Waals surface area (Å²) in [7, 11) is 1.54. The summed E-state index contributed by atoms with van der Waals surface area (Å²) in [5, 5.41) is 10.3. The first-order valence-corrected chi connectivity index (χ1v) is 5.72. The number of hydrogen-bond donors (Lipinski definition) is 0. The Bertz CT molecular complexity index is 580. The van der Waals surface area contributed by atoms with Crippen molar-refractivity contribution >= 4 is 11.8 Å². The molecule has 0 amide bonds. The van der Waals surface area contributed by atoms with Crippen molar-refractivity contribution in [2.24, 2.45) is 0 Å². The molecular formula is C12H12N4O4. The van der Waals surface area contributed by atoms with Gasteiger partial charge in [-0.3, -0.25) is 9.59 Å². The molecule has 0 bridgehead atoms. The van der Waals surface area contributed by atoms with E-state index < -0.39 is 5.97 Å². The van der Waals surface area contributed by atoms with Gasteiger partial charge in [0.1, 0.15) is 18.6 Å². The Balaban J connectivity index is 1.83. The zero-order valence-corrected chi connectivity index (χ0v) is 10.7. The normalized spacial score (nSPS) is 10.1. The summed E-state index contributed by atoms with van der Waals surface area (Å²) in [5.41, 5.74) is 0.445. The van der Waals surface area contributed by atoms with Gasteiger partial charge in [0.15, 0.2) is 12.4 Å². The average molecular weight is 276 g/mol. The highest BCUT2D eigenvalue weighted by Gasteiger charge is 2.11. The first-order chi connectivity index (χ1) is 9.69. The highest BCUT2D eigenvalue weighted by atomic mass is 16.5. The van der Waals surface area contributed by atoms with E-state index in [9.17, 15) is 9.59 Å². The predicted molar refractivity (Wildman–Crippen MR) is 66.1 cm³/mol. The molecule has 0 fully saturated rings. The molecule has 8 nitrogen and oxygen atoms in total. The highest BCUT2D eigenvalue weighted by Crippen LogP contribution is 2.11. The van der Waals surface area contributed by atoms with Crippen molar-refractivity contribution in [1.82, 2.24) is 20.2 Å². The minimum absolute atomic E-state index is 0.136. The average Bonchev–Trinajstić information content (AvgIpc) is 2.97. The molecule has 0 saturated carbocycles. The van der Waals surface area contributed by atoms with Gasteiger partial charge in [0, 0.05) is 5.56 Å². The van der Waals surface area contributed by atoms with Crippen molar-refractivity contribution in [3.63, 3.8) is 0 Å². The summed E-state index contributed by atoms with van der Waals surface area (Å²) >= 11 is 0. The third kappa shape index (κ3) is 3.61. The van der Waals surface area contributed by atoms with E-state index in [1.54, 1.807) is 24.3 Å². The molecule has 2 aromatic rings. The fourth-order valence-electron chi connectivity index (χ4n) is 1.44. The molecule has 8 heteroatoms. The van der Waals surface area contributed by atoms with E-state index in [2.05, 4.69) is 15.5 Å². The van der Waals surface area contributed by atoms with Crippen LogP contribution in [0.15, 0.2) is 30.6 Å². The molecule has 0 atom stereocenters. The van der Waals surface area contributed by atoms with Gasteiger partial charge in [-0.1, -0.05) is 0 Å². The number of ether oxygens (including phenoxy) is 2. The van der Waals surface area contributed by atoms with Crippen molar-refractivity contribution in [1.29, 1.82) is 0 Å². The van der Waals surface area contributed by atoms with E-state index in [0.29, 0.717) is 11.3 Å². The van der Waals surface area contributed by atoms with Gasteiger partial charge in [-0.25, -0.2) is 4.68 Å². The lowest BCUT2D eigenvalue weighted by Crippen LogP contribution is -2.18. The van der Waals surface area contributed by atoms with Crippen molar-refractivity contribution in [3.05, 3.63) is 36.2 Å². The summed E-state index contributed by atoms with van der Waals surface area (Å²) in [4.78, 5) is 23.2. The first kappa shape index (κ1) is 13.7. The second-order valence-corrected chi connectivity index (χ2v) is 3.82. The molecule has 104 valence electrons. The van der Waals surface area contributed by atoms with Crippen molar-refractivity contribution < 1.29 is 19.1 Å². The van der Waals surface area contributed by atoms with E-state index in [1.807, 2.05) is 0 Å². The van der Waals surface area contributed by atoms with Crippen LogP contribution in [0.3, 0.4) is 0 Å². The predicted octanol–water partition coefficient (Wildman–Crippen LogP) is 0.108. The lowest BCUT2D eigenvalue weighted by Gasteiger charge is -2.05. The molecule has 2 rings (SSSR count). The maximum absolute atomic E-state index is 11.8. The topological polar surface area (TPSA) is 96.2 Å². The van der Waals surface area contributed by atoms with Crippen LogP contribution in [-0.2, 0) is 16.1 Å². The van der Waals surface area contributed by atoms with Gasteiger partial charge in [-0.2, -0.15) is 0 Å². The lowest BCUT2D eigenvalue weighted by atomic mass is 10.1. The lowest BCUT2D eigenvalue weighted by molar-refractivity contribution is -0.143. The number of hydrogen-bond acceptors (Lipinski definition) is 7. The molecule has 0 N–H and O–H groups in total. The van der Waals surface area contributed by atoms with Crippen LogP contribution in [0.5, 0.6) is 5.75 Å². The number of rotatable bonds is 6. The third-order valence-electron chi connectivity index (χ3n) is 2.46. The van der Waals surface area contributed by atoms with Gasteiger partial charge in [0.05, 0.1) is 7.11 Å². The molecule has 20 heavy (non-hydrogen) atoms. The maximum atomic E-state index is 11.8. The van der Waals surface area contributed by atoms with E-state index in [4.69, 9.17) is 9.47 Å². The quantitative estimate of drug-likeness (QED) is 0.545. The van der Waals surface area contributed by atoms with E-state index in [0.717, 1.165) is 0 Å². The number of ketones is 1. The van der Waals surface area contributed by atoms with Crippen LogP contribution >= 0.6 is 0 Å². The van der Waals surface area contributed by atoms with Gasteiger partial charge >= 0.3 is 5.97 Å². The fourth-order valence-corrected chi connectivity index (χ4v) is 1.44. The third-order valence-corrected chi connectivity index (χ3v) is 2.46. The highest BCUT2D eigenvalue weighted by molar-refractivity contribution is 5.98. The van der Waals surface area contributed by atoms with Crippen LogP contribution in [0.25, 0.3) is 0 Å².